The van der Waals surface area contributed by atoms with E-state index in [4.69, 9.17) is 4.74 Å². The normalized spacial score (nSPS) is 10.6. The van der Waals surface area contributed by atoms with Crippen LogP contribution in [0.2, 0.25) is 0 Å². The van der Waals surface area contributed by atoms with Gasteiger partial charge in [0.2, 0.25) is 0 Å². The van der Waals surface area contributed by atoms with Crippen molar-refractivity contribution < 1.29 is 9.53 Å². The largest absolute Gasteiger partial charge is 0.465 e. The third-order valence-corrected chi connectivity index (χ3v) is 2.81. The van der Waals surface area contributed by atoms with Crippen LogP contribution in [0.15, 0.2) is 16.0 Å². The average Bonchev–Trinajstić information content (AvgIpc) is 2.26. The highest BCUT2D eigenvalue weighted by Crippen LogP contribution is 2.15. The van der Waals surface area contributed by atoms with E-state index in [1.54, 1.807) is 6.92 Å². The van der Waals surface area contributed by atoms with Crippen LogP contribution in [-0.2, 0) is 9.53 Å². The highest BCUT2D eigenvalue weighted by molar-refractivity contribution is 7.99. The lowest BCUT2D eigenvalue weighted by Crippen LogP contribution is -2.12. The second-order valence-electron chi connectivity index (χ2n) is 3.72. The topological polar surface area (TPSA) is 72.0 Å². The standard InChI is InChI=1S/C11H16N2O3S/c1-4-16-10(15)6-17-11-12-8(7(2)3)5-9(14)13-11/h5,7H,4,6H2,1-3H3,(H,12,13,14). The fourth-order valence-corrected chi connectivity index (χ4v) is 1.83. The van der Waals surface area contributed by atoms with Crippen molar-refractivity contribution in [1.29, 1.82) is 0 Å². The maximum atomic E-state index is 11.4. The van der Waals surface area contributed by atoms with Crippen molar-refractivity contribution in [2.24, 2.45) is 0 Å². The van der Waals surface area contributed by atoms with Gasteiger partial charge in [-0.3, -0.25) is 9.59 Å². The number of hydrogen-bond donors (Lipinski definition) is 1. The number of esters is 1. The van der Waals surface area contributed by atoms with Gasteiger partial charge in [-0.25, -0.2) is 4.98 Å². The summed E-state index contributed by atoms with van der Waals surface area (Å²) in [6, 6.07) is 1.47. The van der Waals surface area contributed by atoms with Gasteiger partial charge in [0.05, 0.1) is 18.1 Å². The first-order chi connectivity index (χ1) is 8.02. The predicted octanol–water partition coefficient (Wildman–Crippen LogP) is 1.55. The van der Waals surface area contributed by atoms with Crippen LogP contribution < -0.4 is 5.56 Å². The molecule has 0 spiro atoms. The number of H-pyrrole nitrogens is 1. The average molecular weight is 256 g/mol. The molecule has 0 saturated heterocycles. The minimum Gasteiger partial charge on any atom is -0.465 e. The molecular formula is C11H16N2O3S. The molecule has 0 atom stereocenters. The van der Waals surface area contributed by atoms with Gasteiger partial charge >= 0.3 is 5.97 Å². The van der Waals surface area contributed by atoms with Gasteiger partial charge in [-0.05, 0) is 12.8 Å². The molecule has 0 amide bonds. The van der Waals surface area contributed by atoms with Gasteiger partial charge in [0.1, 0.15) is 0 Å². The molecular weight excluding hydrogens is 240 g/mol. The van der Waals surface area contributed by atoms with E-state index in [-0.39, 0.29) is 23.2 Å². The zero-order chi connectivity index (χ0) is 12.8. The number of aromatic amines is 1. The second-order valence-corrected chi connectivity index (χ2v) is 4.69. The van der Waals surface area contributed by atoms with Crippen LogP contribution >= 0.6 is 11.8 Å². The summed E-state index contributed by atoms with van der Waals surface area (Å²) in [6.45, 7) is 6.03. The first-order valence-electron chi connectivity index (χ1n) is 5.42. The van der Waals surface area contributed by atoms with E-state index in [2.05, 4.69) is 9.97 Å². The number of thioether (sulfide) groups is 1. The summed E-state index contributed by atoms with van der Waals surface area (Å²) in [5, 5.41) is 0.453. The molecule has 0 bridgehead atoms. The molecule has 1 rings (SSSR count). The fourth-order valence-electron chi connectivity index (χ4n) is 1.15. The Bertz CT molecular complexity index is 443. The number of hydrogen-bond acceptors (Lipinski definition) is 5. The van der Waals surface area contributed by atoms with Crippen LogP contribution in [0.3, 0.4) is 0 Å². The Labute approximate surface area is 104 Å². The Morgan fingerprint density at radius 1 is 1.59 bits per heavy atom. The van der Waals surface area contributed by atoms with E-state index in [1.165, 1.54) is 17.8 Å². The molecule has 0 aliphatic rings. The van der Waals surface area contributed by atoms with E-state index < -0.39 is 0 Å². The molecule has 0 aromatic carbocycles. The Kier molecular flexibility index (Phi) is 5.21. The maximum absolute atomic E-state index is 11.4. The number of nitrogens with one attached hydrogen (secondary N) is 1. The van der Waals surface area contributed by atoms with Crippen LogP contribution in [0.4, 0.5) is 0 Å². The summed E-state index contributed by atoms with van der Waals surface area (Å²) >= 11 is 1.17. The third-order valence-electron chi connectivity index (χ3n) is 1.96. The van der Waals surface area contributed by atoms with Gasteiger partial charge < -0.3 is 9.72 Å². The zero-order valence-electron chi connectivity index (χ0n) is 10.1. The van der Waals surface area contributed by atoms with Crippen molar-refractivity contribution in [3.63, 3.8) is 0 Å². The molecule has 5 nitrogen and oxygen atoms in total. The Morgan fingerprint density at radius 2 is 2.29 bits per heavy atom. The third kappa shape index (κ3) is 4.60. The second kappa shape index (κ2) is 6.44. The number of aromatic nitrogens is 2. The van der Waals surface area contributed by atoms with Crippen LogP contribution in [0, 0.1) is 0 Å². The molecule has 0 radical (unpaired) electrons. The molecule has 17 heavy (non-hydrogen) atoms. The summed E-state index contributed by atoms with van der Waals surface area (Å²) in [4.78, 5) is 29.4. The summed E-state index contributed by atoms with van der Waals surface area (Å²) in [5.41, 5.74) is 0.523. The van der Waals surface area contributed by atoms with Gasteiger partial charge in [-0.1, -0.05) is 25.6 Å². The highest BCUT2D eigenvalue weighted by atomic mass is 32.2. The van der Waals surface area contributed by atoms with Crippen LogP contribution in [0.1, 0.15) is 32.4 Å². The maximum Gasteiger partial charge on any atom is 0.316 e. The van der Waals surface area contributed by atoms with Crippen molar-refractivity contribution in [1.82, 2.24) is 9.97 Å². The molecule has 0 saturated carbocycles. The molecule has 1 heterocycles. The zero-order valence-corrected chi connectivity index (χ0v) is 11.0. The minimum absolute atomic E-state index is 0.151. The van der Waals surface area contributed by atoms with Gasteiger partial charge in [-0.15, -0.1) is 0 Å². The Balaban J connectivity index is 2.71. The van der Waals surface area contributed by atoms with Crippen molar-refractivity contribution in [3.8, 4) is 0 Å². The van der Waals surface area contributed by atoms with Gasteiger partial charge in [0, 0.05) is 6.07 Å². The van der Waals surface area contributed by atoms with Gasteiger partial charge in [0.25, 0.3) is 5.56 Å². The number of ether oxygens (including phenoxy) is 1. The molecule has 6 heteroatoms. The lowest BCUT2D eigenvalue weighted by atomic mass is 10.1. The summed E-state index contributed by atoms with van der Waals surface area (Å²) in [6.07, 6.45) is 0. The molecule has 1 aromatic rings. The summed E-state index contributed by atoms with van der Waals surface area (Å²) in [5.74, 6) is 0.0209. The molecule has 0 aliphatic carbocycles. The summed E-state index contributed by atoms with van der Waals surface area (Å²) in [7, 11) is 0. The summed E-state index contributed by atoms with van der Waals surface area (Å²) < 4.78 is 4.79. The van der Waals surface area contributed by atoms with E-state index in [1.807, 2.05) is 13.8 Å². The Morgan fingerprint density at radius 3 is 2.88 bits per heavy atom. The van der Waals surface area contributed by atoms with Crippen LogP contribution in [0.25, 0.3) is 0 Å². The van der Waals surface area contributed by atoms with E-state index in [0.717, 1.165) is 5.69 Å². The minimum atomic E-state index is -0.310. The van der Waals surface area contributed by atoms with E-state index >= 15 is 0 Å². The number of rotatable bonds is 5. The van der Waals surface area contributed by atoms with Crippen LogP contribution in [-0.4, -0.2) is 28.3 Å². The smallest absolute Gasteiger partial charge is 0.316 e. The van der Waals surface area contributed by atoms with E-state index in [9.17, 15) is 9.59 Å². The SMILES string of the molecule is CCOC(=O)CSc1nc(C(C)C)cc(=O)[nH]1. The lowest BCUT2D eigenvalue weighted by molar-refractivity contribution is -0.139. The first kappa shape index (κ1) is 13.8. The molecule has 0 unspecified atom stereocenters. The van der Waals surface area contributed by atoms with Crippen molar-refractivity contribution in [2.45, 2.75) is 31.8 Å². The molecule has 94 valence electrons. The van der Waals surface area contributed by atoms with Gasteiger partial charge in [0.15, 0.2) is 5.16 Å². The van der Waals surface area contributed by atoms with Gasteiger partial charge in [-0.2, -0.15) is 0 Å². The molecule has 1 N–H and O–H groups in total. The monoisotopic (exact) mass is 256 g/mol. The van der Waals surface area contributed by atoms with Crippen molar-refractivity contribution >= 4 is 17.7 Å². The fraction of sp³-hybridized carbons (Fsp3) is 0.545. The van der Waals surface area contributed by atoms with Crippen molar-refractivity contribution in [3.05, 3.63) is 22.1 Å². The first-order valence-corrected chi connectivity index (χ1v) is 6.41. The quantitative estimate of drug-likeness (QED) is 0.491. The lowest BCUT2D eigenvalue weighted by Gasteiger charge is -2.06. The number of nitrogens with zero attached hydrogens (tertiary/aromatic N) is 1. The molecule has 0 fully saturated rings. The molecule has 1 aromatic heterocycles. The molecule has 0 aliphatic heterocycles. The highest BCUT2D eigenvalue weighted by Gasteiger charge is 2.08. The van der Waals surface area contributed by atoms with Crippen LogP contribution in [0.5, 0.6) is 0 Å². The Hall–Kier alpha value is -1.30. The van der Waals surface area contributed by atoms with Crippen molar-refractivity contribution in [2.75, 3.05) is 12.4 Å². The number of carbonyl (C=O) groups is 1. The van der Waals surface area contributed by atoms with E-state index in [0.29, 0.717) is 11.8 Å². The predicted molar refractivity (Wildman–Crippen MR) is 66.3 cm³/mol. The number of carbonyl (C=O) groups excluding carboxylic acids is 1.